The summed E-state index contributed by atoms with van der Waals surface area (Å²) in [6, 6.07) is 8.09. The van der Waals surface area contributed by atoms with Crippen molar-refractivity contribution in [3.8, 4) is 0 Å². The summed E-state index contributed by atoms with van der Waals surface area (Å²) in [5.74, 6) is 0.384. The van der Waals surface area contributed by atoms with E-state index < -0.39 is 9.84 Å². The molecular weight excluding hydrogens is 406 g/mol. The highest BCUT2D eigenvalue weighted by atomic mass is 32.2. The number of carbonyl (C=O) groups excluding carboxylic acids is 1. The van der Waals surface area contributed by atoms with Crippen LogP contribution in [-0.2, 0) is 21.2 Å². The van der Waals surface area contributed by atoms with E-state index in [0.717, 1.165) is 40.9 Å². The fourth-order valence-electron chi connectivity index (χ4n) is 4.65. The molecule has 1 aromatic heterocycles. The molecule has 1 atom stereocenters. The maximum Gasteiger partial charge on any atom is 0.237 e. The van der Waals surface area contributed by atoms with Crippen LogP contribution in [0.1, 0.15) is 43.5 Å². The van der Waals surface area contributed by atoms with Crippen molar-refractivity contribution in [1.29, 1.82) is 0 Å². The quantitative estimate of drug-likeness (QED) is 0.697. The van der Waals surface area contributed by atoms with E-state index in [1.165, 1.54) is 6.42 Å². The number of likely N-dealkylation sites (N-methyl/N-ethyl adjacent to an activating group) is 1. The Balaban J connectivity index is 1.44. The second-order valence-electron chi connectivity index (χ2n) is 8.40. The van der Waals surface area contributed by atoms with E-state index in [-0.39, 0.29) is 29.5 Å². The topological polar surface area (TPSA) is 70.6 Å². The molecule has 2 aliphatic rings. The molecule has 1 aliphatic heterocycles. The summed E-state index contributed by atoms with van der Waals surface area (Å²) < 4.78 is 25.2. The van der Waals surface area contributed by atoms with Gasteiger partial charge >= 0.3 is 0 Å². The van der Waals surface area contributed by atoms with E-state index in [1.807, 2.05) is 35.0 Å². The van der Waals surface area contributed by atoms with Gasteiger partial charge in [0.05, 0.1) is 34.8 Å². The second-order valence-corrected chi connectivity index (χ2v) is 11.7. The van der Waals surface area contributed by atoms with Gasteiger partial charge in [0.15, 0.2) is 9.84 Å². The van der Waals surface area contributed by atoms with Crippen molar-refractivity contribution < 1.29 is 13.2 Å². The summed E-state index contributed by atoms with van der Waals surface area (Å²) in [5.41, 5.74) is 0.993. The highest BCUT2D eigenvalue weighted by Gasteiger charge is 2.38. The van der Waals surface area contributed by atoms with E-state index >= 15 is 0 Å². The first kappa shape index (κ1) is 20.8. The molecule has 29 heavy (non-hydrogen) atoms. The molecule has 1 saturated carbocycles. The number of amides is 1. The summed E-state index contributed by atoms with van der Waals surface area (Å²) >= 11 is 1.66. The van der Waals surface area contributed by atoms with Crippen molar-refractivity contribution in [2.75, 3.05) is 25.1 Å². The minimum absolute atomic E-state index is 0.0580. The van der Waals surface area contributed by atoms with E-state index in [2.05, 4.69) is 11.1 Å². The van der Waals surface area contributed by atoms with Crippen molar-refractivity contribution in [2.24, 2.45) is 0 Å². The average Bonchev–Trinajstić information content (AvgIpc) is 3.24. The van der Waals surface area contributed by atoms with E-state index in [9.17, 15) is 13.2 Å². The number of rotatable bonds is 6. The van der Waals surface area contributed by atoms with E-state index in [4.69, 9.17) is 0 Å². The van der Waals surface area contributed by atoms with Gasteiger partial charge in [0.1, 0.15) is 5.01 Å². The molecule has 1 aromatic carbocycles. The van der Waals surface area contributed by atoms with Crippen molar-refractivity contribution in [2.45, 2.75) is 57.2 Å². The number of fused-ring (bicyclic) bond motifs is 1. The number of sulfone groups is 1. The van der Waals surface area contributed by atoms with Crippen LogP contribution in [0.2, 0.25) is 0 Å². The van der Waals surface area contributed by atoms with Crippen LogP contribution in [0.3, 0.4) is 0 Å². The second kappa shape index (κ2) is 8.70. The lowest BCUT2D eigenvalue weighted by molar-refractivity contribution is -0.137. The Hall–Kier alpha value is -1.51. The lowest BCUT2D eigenvalue weighted by atomic mass is 9.93. The predicted octanol–water partition coefficient (Wildman–Crippen LogP) is 3.08. The number of benzene rings is 1. The first-order valence-electron chi connectivity index (χ1n) is 10.5. The lowest BCUT2D eigenvalue weighted by Gasteiger charge is -2.39. The highest BCUT2D eigenvalue weighted by molar-refractivity contribution is 7.91. The van der Waals surface area contributed by atoms with Gasteiger partial charge in [-0.2, -0.15) is 0 Å². The molecule has 2 heterocycles. The Morgan fingerprint density at radius 3 is 2.59 bits per heavy atom. The summed E-state index contributed by atoms with van der Waals surface area (Å²) in [5, 5.41) is 0.995. The van der Waals surface area contributed by atoms with Crippen LogP contribution in [-0.4, -0.2) is 66.3 Å². The lowest BCUT2D eigenvalue weighted by Crippen LogP contribution is -2.51. The minimum Gasteiger partial charge on any atom is -0.335 e. The number of para-hydroxylation sites is 1. The third kappa shape index (κ3) is 4.98. The zero-order valence-corrected chi connectivity index (χ0v) is 18.6. The molecule has 0 N–H and O–H groups in total. The summed E-state index contributed by atoms with van der Waals surface area (Å²) in [6.07, 6.45) is 6.00. The molecule has 0 bridgehead atoms. The van der Waals surface area contributed by atoms with Crippen LogP contribution in [0.4, 0.5) is 0 Å². The zero-order chi connectivity index (χ0) is 20.4. The van der Waals surface area contributed by atoms with Crippen LogP contribution in [0.15, 0.2) is 24.3 Å². The molecule has 8 heteroatoms. The molecule has 158 valence electrons. The SMILES string of the molecule is CN(CC(=O)N(C1CCCCC1)[C@H]1CCS(=O)(=O)C1)Cc1nc2ccccc2s1. The van der Waals surface area contributed by atoms with Crippen LogP contribution in [0.25, 0.3) is 10.2 Å². The molecule has 1 amide bonds. The Kier molecular flexibility index (Phi) is 6.22. The number of carbonyl (C=O) groups is 1. The van der Waals surface area contributed by atoms with Crippen molar-refractivity contribution in [3.63, 3.8) is 0 Å². The fourth-order valence-corrected chi connectivity index (χ4v) is 7.41. The molecule has 0 spiro atoms. The summed E-state index contributed by atoms with van der Waals surface area (Å²) in [6.45, 7) is 0.912. The predicted molar refractivity (Wildman–Crippen MR) is 117 cm³/mol. The maximum absolute atomic E-state index is 13.3. The number of aromatic nitrogens is 1. The molecule has 0 unspecified atom stereocenters. The minimum atomic E-state index is -3.02. The Bertz CT molecular complexity index is 933. The molecule has 0 radical (unpaired) electrons. The van der Waals surface area contributed by atoms with Gasteiger partial charge in [-0.15, -0.1) is 11.3 Å². The van der Waals surface area contributed by atoms with Crippen LogP contribution >= 0.6 is 11.3 Å². The summed E-state index contributed by atoms with van der Waals surface area (Å²) in [7, 11) is -1.08. The summed E-state index contributed by atoms with van der Waals surface area (Å²) in [4.78, 5) is 21.9. The molecule has 6 nitrogen and oxygen atoms in total. The smallest absolute Gasteiger partial charge is 0.237 e. The first-order valence-corrected chi connectivity index (χ1v) is 13.1. The molecule has 2 fully saturated rings. The Labute approximate surface area is 176 Å². The largest absolute Gasteiger partial charge is 0.335 e. The number of thiazole rings is 1. The Morgan fingerprint density at radius 2 is 1.90 bits per heavy atom. The fraction of sp³-hybridized carbons (Fsp3) is 0.619. The maximum atomic E-state index is 13.3. The highest BCUT2D eigenvalue weighted by Crippen LogP contribution is 2.29. The number of hydrogen-bond acceptors (Lipinski definition) is 6. The van der Waals surface area contributed by atoms with Gasteiger partial charge in [-0.1, -0.05) is 31.4 Å². The number of nitrogens with zero attached hydrogens (tertiary/aromatic N) is 3. The molecule has 1 saturated heterocycles. The van der Waals surface area contributed by atoms with Crippen molar-refractivity contribution in [1.82, 2.24) is 14.8 Å². The molecular formula is C21H29N3O3S2. The Morgan fingerprint density at radius 1 is 1.14 bits per heavy atom. The van der Waals surface area contributed by atoms with E-state index in [1.54, 1.807) is 11.3 Å². The van der Waals surface area contributed by atoms with Crippen LogP contribution in [0.5, 0.6) is 0 Å². The molecule has 1 aliphatic carbocycles. The number of hydrogen-bond donors (Lipinski definition) is 0. The van der Waals surface area contributed by atoms with Crippen molar-refractivity contribution in [3.05, 3.63) is 29.3 Å². The standard InChI is InChI=1S/C21H29N3O3S2/c1-23(13-20-22-18-9-5-6-10-19(18)28-20)14-21(25)24(16-7-3-2-4-8-16)17-11-12-29(26,27)15-17/h5-6,9-10,16-17H,2-4,7-8,11-15H2,1H3/t17-/m0/s1. The third-order valence-corrected chi connectivity index (χ3v) is 8.78. The molecule has 4 rings (SSSR count). The van der Waals surface area contributed by atoms with Gasteiger partial charge in [0.25, 0.3) is 0 Å². The van der Waals surface area contributed by atoms with Gasteiger partial charge < -0.3 is 4.90 Å². The van der Waals surface area contributed by atoms with E-state index in [0.29, 0.717) is 19.5 Å². The van der Waals surface area contributed by atoms with Gasteiger partial charge in [0, 0.05) is 12.1 Å². The van der Waals surface area contributed by atoms with Crippen molar-refractivity contribution >= 4 is 37.3 Å². The first-order chi connectivity index (χ1) is 13.9. The zero-order valence-electron chi connectivity index (χ0n) is 16.9. The third-order valence-electron chi connectivity index (χ3n) is 6.01. The van der Waals surface area contributed by atoms with Gasteiger partial charge in [-0.25, -0.2) is 13.4 Å². The average molecular weight is 436 g/mol. The van der Waals surface area contributed by atoms with Gasteiger partial charge in [-0.05, 0) is 38.4 Å². The van der Waals surface area contributed by atoms with Gasteiger partial charge in [-0.3, -0.25) is 9.69 Å². The van der Waals surface area contributed by atoms with Crippen LogP contribution < -0.4 is 0 Å². The van der Waals surface area contributed by atoms with Crippen LogP contribution in [0, 0.1) is 0 Å². The molecule has 2 aromatic rings. The normalized spacial score (nSPS) is 22.3. The van der Waals surface area contributed by atoms with Gasteiger partial charge in [0.2, 0.25) is 5.91 Å². The monoisotopic (exact) mass is 435 g/mol.